The molecule has 1 rings (SSSR count). The summed E-state index contributed by atoms with van der Waals surface area (Å²) in [5, 5.41) is 0. The molecule has 0 bridgehead atoms. The molecule has 0 saturated heterocycles. The van der Waals surface area contributed by atoms with Crippen LogP contribution in [-0.2, 0) is 0 Å². The van der Waals surface area contributed by atoms with Gasteiger partial charge in [-0.2, -0.15) is 0 Å². The summed E-state index contributed by atoms with van der Waals surface area (Å²) in [7, 11) is 0. The summed E-state index contributed by atoms with van der Waals surface area (Å²) in [5.74, 6) is 1.63. The number of unbranched alkanes of at least 4 members (excludes halogenated alkanes) is 2. The number of benzene rings is 1. The molecule has 0 fully saturated rings. The SMILES string of the molecule is ClCCCCCOc1ccc(Br)cc1Br. The molecule has 0 atom stereocenters. The second kappa shape index (κ2) is 7.53. The van der Waals surface area contributed by atoms with Crippen molar-refractivity contribution in [2.45, 2.75) is 19.3 Å². The molecule has 84 valence electrons. The third-order valence-electron chi connectivity index (χ3n) is 1.93. The Morgan fingerprint density at radius 3 is 2.60 bits per heavy atom. The molecule has 0 aromatic heterocycles. The van der Waals surface area contributed by atoms with Gasteiger partial charge in [0, 0.05) is 10.4 Å². The third kappa shape index (κ3) is 5.23. The van der Waals surface area contributed by atoms with Gasteiger partial charge in [-0.3, -0.25) is 0 Å². The fraction of sp³-hybridized carbons (Fsp3) is 0.455. The number of rotatable bonds is 6. The lowest BCUT2D eigenvalue weighted by molar-refractivity contribution is 0.304. The number of hydrogen-bond acceptors (Lipinski definition) is 1. The Morgan fingerprint density at radius 1 is 1.13 bits per heavy atom. The van der Waals surface area contributed by atoms with Crippen molar-refractivity contribution in [1.29, 1.82) is 0 Å². The van der Waals surface area contributed by atoms with Crippen LogP contribution in [0.1, 0.15) is 19.3 Å². The monoisotopic (exact) mass is 354 g/mol. The maximum atomic E-state index is 5.63. The van der Waals surface area contributed by atoms with Gasteiger partial charge in [-0.1, -0.05) is 15.9 Å². The predicted molar refractivity (Wildman–Crippen MR) is 71.9 cm³/mol. The van der Waals surface area contributed by atoms with E-state index in [0.29, 0.717) is 0 Å². The second-order valence-electron chi connectivity index (χ2n) is 3.17. The fourth-order valence-electron chi connectivity index (χ4n) is 1.15. The molecule has 1 aromatic carbocycles. The Hall–Kier alpha value is 0.270. The van der Waals surface area contributed by atoms with Crippen LogP contribution in [0, 0.1) is 0 Å². The van der Waals surface area contributed by atoms with E-state index >= 15 is 0 Å². The van der Waals surface area contributed by atoms with Crippen LogP contribution in [0.15, 0.2) is 27.1 Å². The first kappa shape index (κ1) is 13.3. The largest absolute Gasteiger partial charge is 0.492 e. The van der Waals surface area contributed by atoms with Crippen LogP contribution in [0.2, 0.25) is 0 Å². The Morgan fingerprint density at radius 2 is 1.93 bits per heavy atom. The number of hydrogen-bond donors (Lipinski definition) is 0. The fourth-order valence-corrected chi connectivity index (χ4v) is 2.50. The van der Waals surface area contributed by atoms with Crippen LogP contribution in [0.4, 0.5) is 0 Å². The Labute approximate surface area is 112 Å². The quantitative estimate of drug-likeness (QED) is 0.515. The molecule has 0 amide bonds. The van der Waals surface area contributed by atoms with Gasteiger partial charge in [-0.25, -0.2) is 0 Å². The Balaban J connectivity index is 2.31. The van der Waals surface area contributed by atoms with Crippen molar-refractivity contribution in [3.63, 3.8) is 0 Å². The highest BCUT2D eigenvalue weighted by Crippen LogP contribution is 2.28. The van der Waals surface area contributed by atoms with Crippen molar-refractivity contribution >= 4 is 43.5 Å². The molecule has 0 heterocycles. The van der Waals surface area contributed by atoms with E-state index in [2.05, 4.69) is 31.9 Å². The smallest absolute Gasteiger partial charge is 0.133 e. The summed E-state index contributed by atoms with van der Waals surface area (Å²) in [6.45, 7) is 0.747. The highest BCUT2D eigenvalue weighted by molar-refractivity contribution is 9.11. The van der Waals surface area contributed by atoms with Crippen LogP contribution in [0.5, 0.6) is 5.75 Å². The van der Waals surface area contributed by atoms with Crippen molar-refractivity contribution < 1.29 is 4.74 Å². The van der Waals surface area contributed by atoms with E-state index in [-0.39, 0.29) is 0 Å². The zero-order valence-corrected chi connectivity index (χ0v) is 12.2. The van der Waals surface area contributed by atoms with Gasteiger partial charge in [0.15, 0.2) is 0 Å². The third-order valence-corrected chi connectivity index (χ3v) is 3.31. The predicted octanol–water partition coefficient (Wildman–Crippen LogP) is 5.00. The van der Waals surface area contributed by atoms with Gasteiger partial charge in [-0.15, -0.1) is 11.6 Å². The van der Waals surface area contributed by atoms with Crippen LogP contribution in [0.3, 0.4) is 0 Å². The van der Waals surface area contributed by atoms with Gasteiger partial charge in [0.2, 0.25) is 0 Å². The molecule has 0 spiro atoms. The summed E-state index contributed by atoms with van der Waals surface area (Å²) < 4.78 is 7.65. The van der Waals surface area contributed by atoms with Crippen molar-refractivity contribution in [2.75, 3.05) is 12.5 Å². The molecule has 4 heteroatoms. The molecule has 1 nitrogen and oxygen atoms in total. The van der Waals surface area contributed by atoms with E-state index in [1.165, 1.54) is 0 Å². The first-order valence-corrected chi connectivity index (χ1v) is 7.00. The van der Waals surface area contributed by atoms with Crippen LogP contribution in [-0.4, -0.2) is 12.5 Å². The van der Waals surface area contributed by atoms with E-state index in [0.717, 1.165) is 46.4 Å². The maximum Gasteiger partial charge on any atom is 0.133 e. The number of halogens is 3. The van der Waals surface area contributed by atoms with E-state index in [1.807, 2.05) is 18.2 Å². The molecular formula is C11H13Br2ClO. The topological polar surface area (TPSA) is 9.23 Å². The summed E-state index contributed by atoms with van der Waals surface area (Å²) in [4.78, 5) is 0. The molecule has 0 aliphatic heterocycles. The van der Waals surface area contributed by atoms with Gasteiger partial charge in [0.25, 0.3) is 0 Å². The van der Waals surface area contributed by atoms with Gasteiger partial charge in [-0.05, 0) is 53.4 Å². The first-order chi connectivity index (χ1) is 7.24. The Bertz CT molecular complexity index is 305. The minimum atomic E-state index is 0.738. The lowest BCUT2D eigenvalue weighted by atomic mass is 10.3. The minimum absolute atomic E-state index is 0.738. The van der Waals surface area contributed by atoms with Crippen molar-refractivity contribution in [1.82, 2.24) is 0 Å². The van der Waals surface area contributed by atoms with Gasteiger partial charge in [0.1, 0.15) is 5.75 Å². The van der Waals surface area contributed by atoms with Crippen LogP contribution < -0.4 is 4.74 Å². The lowest BCUT2D eigenvalue weighted by Gasteiger charge is -2.07. The van der Waals surface area contributed by atoms with Gasteiger partial charge >= 0.3 is 0 Å². The normalized spacial score (nSPS) is 10.3. The maximum absolute atomic E-state index is 5.63. The van der Waals surface area contributed by atoms with E-state index < -0.39 is 0 Å². The standard InChI is InChI=1S/C11H13Br2ClO/c12-9-4-5-11(10(13)8-9)15-7-3-1-2-6-14/h4-5,8H,1-3,6-7H2. The number of ether oxygens (including phenoxy) is 1. The lowest BCUT2D eigenvalue weighted by Crippen LogP contribution is -1.98. The molecule has 0 saturated carbocycles. The molecule has 0 aliphatic carbocycles. The second-order valence-corrected chi connectivity index (χ2v) is 5.32. The highest BCUT2D eigenvalue weighted by Gasteiger charge is 2.00. The minimum Gasteiger partial charge on any atom is -0.492 e. The zero-order chi connectivity index (χ0) is 11.1. The summed E-state index contributed by atoms with van der Waals surface area (Å²) in [6, 6.07) is 5.91. The van der Waals surface area contributed by atoms with Crippen molar-refractivity contribution in [2.24, 2.45) is 0 Å². The average molecular weight is 356 g/mol. The van der Waals surface area contributed by atoms with E-state index in [4.69, 9.17) is 16.3 Å². The first-order valence-electron chi connectivity index (χ1n) is 4.88. The van der Waals surface area contributed by atoms with E-state index in [9.17, 15) is 0 Å². The zero-order valence-electron chi connectivity index (χ0n) is 8.31. The molecule has 0 N–H and O–H groups in total. The average Bonchev–Trinajstić information content (AvgIpc) is 2.20. The Kier molecular flexibility index (Phi) is 6.69. The summed E-state index contributed by atoms with van der Waals surface area (Å²) in [5.41, 5.74) is 0. The summed E-state index contributed by atoms with van der Waals surface area (Å²) in [6.07, 6.45) is 3.24. The molecular weight excluding hydrogens is 343 g/mol. The molecule has 0 radical (unpaired) electrons. The van der Waals surface area contributed by atoms with Gasteiger partial charge < -0.3 is 4.74 Å². The highest BCUT2D eigenvalue weighted by atomic mass is 79.9. The number of alkyl halides is 1. The molecule has 0 aliphatic rings. The molecule has 0 unspecified atom stereocenters. The van der Waals surface area contributed by atoms with Crippen molar-refractivity contribution in [3.8, 4) is 5.75 Å². The van der Waals surface area contributed by atoms with Gasteiger partial charge in [0.05, 0.1) is 11.1 Å². The molecule has 15 heavy (non-hydrogen) atoms. The van der Waals surface area contributed by atoms with Crippen LogP contribution in [0.25, 0.3) is 0 Å². The van der Waals surface area contributed by atoms with E-state index in [1.54, 1.807) is 0 Å². The van der Waals surface area contributed by atoms with Crippen LogP contribution >= 0.6 is 43.5 Å². The van der Waals surface area contributed by atoms with Crippen molar-refractivity contribution in [3.05, 3.63) is 27.1 Å². The molecule has 1 aromatic rings. The summed E-state index contributed by atoms with van der Waals surface area (Å²) >= 11 is 12.4.